The first kappa shape index (κ1) is 21.6. The average molecular weight is 388 g/mol. The maximum atomic E-state index is 13.2. The van der Waals surface area contributed by atoms with Gasteiger partial charge in [0, 0.05) is 6.54 Å². The van der Waals surface area contributed by atoms with Crippen molar-refractivity contribution in [2.75, 3.05) is 6.54 Å². The molecule has 0 unspecified atom stereocenters. The van der Waals surface area contributed by atoms with Crippen molar-refractivity contribution in [3.63, 3.8) is 0 Å². The summed E-state index contributed by atoms with van der Waals surface area (Å²) in [5.74, 6) is 0.645. The van der Waals surface area contributed by atoms with Crippen molar-refractivity contribution in [1.29, 1.82) is 0 Å². The molecule has 0 spiro atoms. The first-order valence-corrected chi connectivity index (χ1v) is 11.3. The van der Waals surface area contributed by atoms with Crippen molar-refractivity contribution in [3.05, 3.63) is 64.7 Å². The van der Waals surface area contributed by atoms with Crippen molar-refractivity contribution in [1.82, 2.24) is 4.72 Å². The van der Waals surface area contributed by atoms with Crippen molar-refractivity contribution < 1.29 is 8.42 Å². The third-order valence-electron chi connectivity index (χ3n) is 4.90. The van der Waals surface area contributed by atoms with E-state index in [-0.39, 0.29) is 11.8 Å². The van der Waals surface area contributed by atoms with Gasteiger partial charge in [0.1, 0.15) is 0 Å². The Bertz CT molecular complexity index is 824. The molecule has 2 rings (SSSR count). The summed E-state index contributed by atoms with van der Waals surface area (Å²) in [6, 6.07) is 14.1. The van der Waals surface area contributed by atoms with Gasteiger partial charge in [-0.05, 0) is 46.4 Å². The Balaban J connectivity index is 2.41. The molecule has 3 nitrogen and oxygen atoms in total. The summed E-state index contributed by atoms with van der Waals surface area (Å²) in [5.41, 5.74) is 4.16. The molecule has 4 heteroatoms. The minimum atomic E-state index is -3.57. The highest BCUT2D eigenvalue weighted by molar-refractivity contribution is 7.89. The number of nitrogens with one attached hydrogen (secondary N) is 1. The average Bonchev–Trinajstić information content (AvgIpc) is 2.61. The van der Waals surface area contributed by atoms with E-state index in [1.807, 2.05) is 30.3 Å². The van der Waals surface area contributed by atoms with Crippen LogP contribution in [0.25, 0.3) is 0 Å². The van der Waals surface area contributed by atoms with Gasteiger partial charge in [-0.15, -0.1) is 0 Å². The largest absolute Gasteiger partial charge is 0.241 e. The standard InChI is InChI=1S/C23H33NO2S/c1-16(2)20-14-21(17(3)4)23(22(15-20)18(5)6)27(25,26)24-13-12-19-10-8-7-9-11-19/h7-11,14-18,24H,12-13H2,1-6H3. The van der Waals surface area contributed by atoms with Crippen LogP contribution in [0, 0.1) is 0 Å². The van der Waals surface area contributed by atoms with Gasteiger partial charge < -0.3 is 0 Å². The Morgan fingerprint density at radius 3 is 1.78 bits per heavy atom. The fourth-order valence-corrected chi connectivity index (χ4v) is 4.97. The van der Waals surface area contributed by atoms with Crippen LogP contribution in [0.2, 0.25) is 0 Å². The molecule has 0 aliphatic rings. The summed E-state index contributed by atoms with van der Waals surface area (Å²) in [6.07, 6.45) is 0.679. The van der Waals surface area contributed by atoms with E-state index in [0.717, 1.165) is 16.7 Å². The summed E-state index contributed by atoms with van der Waals surface area (Å²) in [5, 5.41) is 0. The molecular formula is C23H33NO2S. The zero-order valence-electron chi connectivity index (χ0n) is 17.4. The third kappa shape index (κ3) is 5.43. The van der Waals surface area contributed by atoms with Gasteiger partial charge in [-0.2, -0.15) is 0 Å². The zero-order chi connectivity index (χ0) is 20.2. The normalized spacial score (nSPS) is 12.3. The van der Waals surface area contributed by atoms with Crippen LogP contribution in [-0.4, -0.2) is 15.0 Å². The Hall–Kier alpha value is -1.65. The molecule has 2 aromatic carbocycles. The summed E-state index contributed by atoms with van der Waals surface area (Å²) in [7, 11) is -3.57. The van der Waals surface area contributed by atoms with Crippen molar-refractivity contribution in [3.8, 4) is 0 Å². The molecule has 0 heterocycles. The SMILES string of the molecule is CC(C)c1cc(C(C)C)c(S(=O)(=O)NCCc2ccccc2)c(C(C)C)c1. The highest BCUT2D eigenvalue weighted by Crippen LogP contribution is 2.34. The topological polar surface area (TPSA) is 46.2 Å². The Morgan fingerprint density at radius 2 is 1.33 bits per heavy atom. The van der Waals surface area contributed by atoms with Gasteiger partial charge in [0.25, 0.3) is 0 Å². The lowest BCUT2D eigenvalue weighted by Gasteiger charge is -2.23. The molecule has 0 saturated carbocycles. The van der Waals surface area contributed by atoms with Gasteiger partial charge in [0.05, 0.1) is 4.90 Å². The van der Waals surface area contributed by atoms with Gasteiger partial charge in [0.2, 0.25) is 10.0 Å². The van der Waals surface area contributed by atoms with Crippen LogP contribution < -0.4 is 4.72 Å². The second-order valence-electron chi connectivity index (χ2n) is 8.13. The van der Waals surface area contributed by atoms with Crippen molar-refractivity contribution in [2.24, 2.45) is 0 Å². The number of rotatable bonds is 8. The maximum Gasteiger partial charge on any atom is 0.241 e. The molecule has 0 atom stereocenters. The van der Waals surface area contributed by atoms with Crippen LogP contribution in [0.3, 0.4) is 0 Å². The zero-order valence-corrected chi connectivity index (χ0v) is 18.2. The van der Waals surface area contributed by atoms with E-state index >= 15 is 0 Å². The predicted molar refractivity (Wildman–Crippen MR) is 114 cm³/mol. The molecular weight excluding hydrogens is 354 g/mol. The van der Waals surface area contributed by atoms with Crippen molar-refractivity contribution >= 4 is 10.0 Å². The van der Waals surface area contributed by atoms with Crippen LogP contribution >= 0.6 is 0 Å². The molecule has 0 amide bonds. The lowest BCUT2D eigenvalue weighted by atomic mass is 9.89. The van der Waals surface area contributed by atoms with E-state index in [0.29, 0.717) is 23.8 Å². The van der Waals surface area contributed by atoms with Gasteiger partial charge in [-0.3, -0.25) is 0 Å². The molecule has 27 heavy (non-hydrogen) atoms. The molecule has 2 aromatic rings. The van der Waals surface area contributed by atoms with Crippen LogP contribution in [0.4, 0.5) is 0 Å². The highest BCUT2D eigenvalue weighted by atomic mass is 32.2. The Kier molecular flexibility index (Phi) is 7.24. The smallest absolute Gasteiger partial charge is 0.211 e. The van der Waals surface area contributed by atoms with Gasteiger partial charge in [-0.1, -0.05) is 84.0 Å². The first-order chi connectivity index (χ1) is 12.6. The molecule has 0 fully saturated rings. The van der Waals surface area contributed by atoms with Crippen LogP contribution in [0.1, 0.15) is 81.5 Å². The molecule has 1 N–H and O–H groups in total. The molecule has 0 bridgehead atoms. The quantitative estimate of drug-likeness (QED) is 0.643. The number of hydrogen-bond donors (Lipinski definition) is 1. The highest BCUT2D eigenvalue weighted by Gasteiger charge is 2.26. The number of sulfonamides is 1. The summed E-state index contributed by atoms with van der Waals surface area (Å²) in [4.78, 5) is 0.477. The summed E-state index contributed by atoms with van der Waals surface area (Å²) < 4.78 is 29.3. The molecule has 148 valence electrons. The molecule has 0 aliphatic heterocycles. The maximum absolute atomic E-state index is 13.2. The van der Waals surface area contributed by atoms with Gasteiger partial charge >= 0.3 is 0 Å². The molecule has 0 radical (unpaired) electrons. The molecule has 0 aromatic heterocycles. The minimum absolute atomic E-state index is 0.141. The lowest BCUT2D eigenvalue weighted by Crippen LogP contribution is -2.28. The molecule has 0 aliphatic carbocycles. The van der Waals surface area contributed by atoms with Crippen LogP contribution in [-0.2, 0) is 16.4 Å². The third-order valence-corrected chi connectivity index (χ3v) is 6.49. The van der Waals surface area contributed by atoms with E-state index < -0.39 is 10.0 Å². The monoisotopic (exact) mass is 387 g/mol. The summed E-state index contributed by atoms with van der Waals surface area (Å²) >= 11 is 0. The van der Waals surface area contributed by atoms with Gasteiger partial charge in [0.15, 0.2) is 0 Å². The second kappa shape index (κ2) is 9.03. The minimum Gasteiger partial charge on any atom is -0.211 e. The number of hydrogen-bond acceptors (Lipinski definition) is 2. The van der Waals surface area contributed by atoms with Crippen molar-refractivity contribution in [2.45, 2.75) is 70.6 Å². The van der Waals surface area contributed by atoms with E-state index in [9.17, 15) is 8.42 Å². The Morgan fingerprint density at radius 1 is 0.815 bits per heavy atom. The second-order valence-corrected chi connectivity index (χ2v) is 9.83. The van der Waals surface area contributed by atoms with E-state index in [4.69, 9.17) is 0 Å². The first-order valence-electron chi connectivity index (χ1n) is 9.84. The van der Waals surface area contributed by atoms with Crippen LogP contribution in [0.15, 0.2) is 47.4 Å². The fraction of sp³-hybridized carbons (Fsp3) is 0.478. The number of benzene rings is 2. The fourth-order valence-electron chi connectivity index (χ4n) is 3.25. The van der Waals surface area contributed by atoms with Gasteiger partial charge in [-0.25, -0.2) is 13.1 Å². The van der Waals surface area contributed by atoms with E-state index in [1.165, 1.54) is 5.56 Å². The lowest BCUT2D eigenvalue weighted by molar-refractivity contribution is 0.576. The van der Waals surface area contributed by atoms with Crippen LogP contribution in [0.5, 0.6) is 0 Å². The summed E-state index contributed by atoms with van der Waals surface area (Å²) in [6.45, 7) is 12.9. The predicted octanol–water partition coefficient (Wildman–Crippen LogP) is 5.58. The molecule has 0 saturated heterocycles. The van der Waals surface area contributed by atoms with E-state index in [2.05, 4.69) is 58.4 Å². The Labute approximate surface area is 165 Å². The van der Waals surface area contributed by atoms with E-state index in [1.54, 1.807) is 0 Å².